The summed E-state index contributed by atoms with van der Waals surface area (Å²) in [6.07, 6.45) is 5.87. The minimum absolute atomic E-state index is 0.0575. The monoisotopic (exact) mass is 227 g/mol. The number of carbonyl (C=O) groups excluding carboxylic acids is 1. The largest absolute Gasteiger partial charge is 0.396 e. The van der Waals surface area contributed by atoms with Crippen LogP contribution in [0, 0.1) is 5.92 Å². The van der Waals surface area contributed by atoms with Crippen molar-refractivity contribution in [3.63, 3.8) is 0 Å². The van der Waals surface area contributed by atoms with Crippen LogP contribution in [-0.4, -0.2) is 34.4 Å². The first kappa shape index (κ1) is 11.9. The third-order valence-electron chi connectivity index (χ3n) is 3.80. The van der Waals surface area contributed by atoms with Gasteiger partial charge in [-0.05, 0) is 50.9 Å². The van der Waals surface area contributed by atoms with E-state index in [1.807, 2.05) is 0 Å². The molecular weight excluding hydrogens is 206 g/mol. The van der Waals surface area contributed by atoms with E-state index in [4.69, 9.17) is 5.11 Å². The van der Waals surface area contributed by atoms with Crippen LogP contribution in [0.4, 0.5) is 0 Å². The van der Waals surface area contributed by atoms with Crippen molar-refractivity contribution in [2.45, 2.75) is 56.6 Å². The fourth-order valence-electron chi connectivity index (χ4n) is 2.55. The highest BCUT2D eigenvalue weighted by atomic mass is 16.3. The van der Waals surface area contributed by atoms with Crippen molar-refractivity contribution in [3.8, 4) is 0 Å². The molecule has 2 aliphatic rings. The highest BCUT2D eigenvalue weighted by Crippen LogP contribution is 2.35. The Balaban J connectivity index is 1.88. The van der Waals surface area contributed by atoms with Crippen LogP contribution < -0.4 is 5.32 Å². The molecule has 3 N–H and O–H groups in total. The van der Waals surface area contributed by atoms with Crippen LogP contribution in [0.3, 0.4) is 0 Å². The molecule has 2 aliphatic carbocycles. The highest BCUT2D eigenvalue weighted by Gasteiger charge is 2.41. The molecule has 16 heavy (non-hydrogen) atoms. The molecule has 1 amide bonds. The Kier molecular flexibility index (Phi) is 3.50. The Hall–Kier alpha value is -0.610. The summed E-state index contributed by atoms with van der Waals surface area (Å²) >= 11 is 0. The molecule has 0 bridgehead atoms. The van der Waals surface area contributed by atoms with Gasteiger partial charge in [0.15, 0.2) is 0 Å². The number of aliphatic hydroxyl groups is 2. The molecule has 0 aromatic carbocycles. The van der Waals surface area contributed by atoms with Crippen LogP contribution in [0.1, 0.15) is 44.9 Å². The van der Waals surface area contributed by atoms with Crippen LogP contribution in [-0.2, 0) is 4.79 Å². The lowest BCUT2D eigenvalue weighted by Gasteiger charge is -2.25. The number of carbonyl (C=O) groups is 1. The molecule has 0 aromatic rings. The second-order valence-electron chi connectivity index (χ2n) is 5.17. The molecule has 0 aromatic heterocycles. The molecule has 0 radical (unpaired) electrons. The van der Waals surface area contributed by atoms with Crippen molar-refractivity contribution in [3.05, 3.63) is 0 Å². The Morgan fingerprint density at radius 2 is 2.00 bits per heavy atom. The number of hydrogen-bond acceptors (Lipinski definition) is 3. The van der Waals surface area contributed by atoms with E-state index in [-0.39, 0.29) is 18.6 Å². The van der Waals surface area contributed by atoms with Crippen LogP contribution >= 0.6 is 0 Å². The van der Waals surface area contributed by atoms with Gasteiger partial charge in [0.1, 0.15) is 5.60 Å². The van der Waals surface area contributed by atoms with E-state index in [1.165, 1.54) is 0 Å². The van der Waals surface area contributed by atoms with Gasteiger partial charge in [-0.3, -0.25) is 4.79 Å². The van der Waals surface area contributed by atoms with Gasteiger partial charge in [-0.15, -0.1) is 0 Å². The normalized spacial score (nSPS) is 25.4. The number of nitrogens with one attached hydrogen (secondary N) is 1. The van der Waals surface area contributed by atoms with E-state index in [0.29, 0.717) is 25.2 Å². The summed E-state index contributed by atoms with van der Waals surface area (Å²) in [7, 11) is 0. The molecule has 0 spiro atoms. The van der Waals surface area contributed by atoms with Crippen LogP contribution in [0.15, 0.2) is 0 Å². The van der Waals surface area contributed by atoms with E-state index in [0.717, 1.165) is 25.7 Å². The Labute approximate surface area is 96.0 Å². The summed E-state index contributed by atoms with van der Waals surface area (Å²) in [4.78, 5) is 11.9. The second kappa shape index (κ2) is 4.72. The lowest BCUT2D eigenvalue weighted by molar-refractivity contribution is -0.140. The van der Waals surface area contributed by atoms with Crippen LogP contribution in [0.5, 0.6) is 0 Å². The fourth-order valence-corrected chi connectivity index (χ4v) is 2.55. The number of hydrogen-bond donors (Lipinski definition) is 3. The summed E-state index contributed by atoms with van der Waals surface area (Å²) in [5.41, 5.74) is -1.14. The van der Waals surface area contributed by atoms with E-state index in [1.54, 1.807) is 0 Å². The summed E-state index contributed by atoms with van der Waals surface area (Å²) in [5, 5.41) is 22.0. The second-order valence-corrected chi connectivity index (χ2v) is 5.17. The lowest BCUT2D eigenvalue weighted by Crippen LogP contribution is -2.49. The van der Waals surface area contributed by atoms with Crippen molar-refractivity contribution >= 4 is 5.91 Å². The zero-order chi connectivity index (χ0) is 11.6. The topological polar surface area (TPSA) is 69.6 Å². The van der Waals surface area contributed by atoms with E-state index in [2.05, 4.69) is 5.32 Å². The van der Waals surface area contributed by atoms with Gasteiger partial charge in [-0.25, -0.2) is 0 Å². The van der Waals surface area contributed by atoms with Crippen molar-refractivity contribution in [1.82, 2.24) is 5.32 Å². The van der Waals surface area contributed by atoms with Gasteiger partial charge in [0.25, 0.3) is 5.91 Å². The number of aliphatic hydroxyl groups excluding tert-OH is 1. The average molecular weight is 227 g/mol. The molecule has 92 valence electrons. The molecule has 4 heteroatoms. The first-order valence-electron chi connectivity index (χ1n) is 6.30. The van der Waals surface area contributed by atoms with Crippen LogP contribution in [0.25, 0.3) is 0 Å². The molecule has 1 unspecified atom stereocenters. The summed E-state index contributed by atoms with van der Waals surface area (Å²) in [6.45, 7) is 0.0971. The first-order valence-corrected chi connectivity index (χ1v) is 6.30. The summed E-state index contributed by atoms with van der Waals surface area (Å²) in [5.74, 6) is 0.288. The number of amides is 1. The predicted octanol–water partition coefficient (Wildman–Crippen LogP) is 0.569. The molecule has 4 nitrogen and oxygen atoms in total. The van der Waals surface area contributed by atoms with E-state index in [9.17, 15) is 9.90 Å². The first-order chi connectivity index (χ1) is 7.65. The zero-order valence-corrected chi connectivity index (χ0v) is 9.61. The van der Waals surface area contributed by atoms with Crippen molar-refractivity contribution in [1.29, 1.82) is 0 Å². The van der Waals surface area contributed by atoms with Crippen LogP contribution in [0.2, 0.25) is 0 Å². The zero-order valence-electron chi connectivity index (χ0n) is 9.61. The molecule has 0 heterocycles. The molecule has 0 saturated heterocycles. The van der Waals surface area contributed by atoms with E-state index < -0.39 is 5.60 Å². The third kappa shape index (κ3) is 2.55. The third-order valence-corrected chi connectivity index (χ3v) is 3.80. The summed E-state index contributed by atoms with van der Waals surface area (Å²) in [6, 6.07) is 0.0575. The SMILES string of the molecule is O=C(NC(CCO)C1CC1)C1(O)CCCC1. The Morgan fingerprint density at radius 1 is 1.38 bits per heavy atom. The minimum Gasteiger partial charge on any atom is -0.396 e. The Bertz CT molecular complexity index is 257. The maximum Gasteiger partial charge on any atom is 0.252 e. The average Bonchev–Trinajstić information content (AvgIpc) is 3.01. The maximum atomic E-state index is 11.9. The Morgan fingerprint density at radius 3 is 2.50 bits per heavy atom. The van der Waals surface area contributed by atoms with E-state index >= 15 is 0 Å². The molecule has 0 aliphatic heterocycles. The fraction of sp³-hybridized carbons (Fsp3) is 0.917. The molecule has 1 atom stereocenters. The van der Waals surface area contributed by atoms with Gasteiger partial charge >= 0.3 is 0 Å². The highest BCUT2D eigenvalue weighted by molar-refractivity contribution is 5.85. The van der Waals surface area contributed by atoms with Gasteiger partial charge in [0.05, 0.1) is 0 Å². The van der Waals surface area contributed by atoms with Crippen molar-refractivity contribution in [2.75, 3.05) is 6.61 Å². The molecule has 2 rings (SSSR count). The van der Waals surface area contributed by atoms with Gasteiger partial charge in [0.2, 0.25) is 0 Å². The number of rotatable bonds is 5. The van der Waals surface area contributed by atoms with Gasteiger partial charge in [-0.1, -0.05) is 0 Å². The quantitative estimate of drug-likeness (QED) is 0.643. The molecule has 2 saturated carbocycles. The van der Waals surface area contributed by atoms with Crippen molar-refractivity contribution < 1.29 is 15.0 Å². The summed E-state index contributed by atoms with van der Waals surface area (Å²) < 4.78 is 0. The maximum absolute atomic E-state index is 11.9. The predicted molar refractivity (Wildman–Crippen MR) is 59.8 cm³/mol. The molecule has 2 fully saturated rings. The smallest absolute Gasteiger partial charge is 0.252 e. The minimum atomic E-state index is -1.14. The molecular formula is C12H21NO3. The van der Waals surface area contributed by atoms with Gasteiger partial charge in [0, 0.05) is 12.6 Å². The lowest BCUT2D eigenvalue weighted by atomic mass is 10.00. The standard InChI is InChI=1S/C12H21NO3/c14-8-5-10(9-3-4-9)13-11(15)12(16)6-1-2-7-12/h9-10,14,16H,1-8H2,(H,13,15). The van der Waals surface area contributed by atoms with Gasteiger partial charge < -0.3 is 15.5 Å². The van der Waals surface area contributed by atoms with Crippen molar-refractivity contribution in [2.24, 2.45) is 5.92 Å². The van der Waals surface area contributed by atoms with Gasteiger partial charge in [-0.2, -0.15) is 0 Å².